The van der Waals surface area contributed by atoms with Gasteiger partial charge < -0.3 is 16.2 Å². The van der Waals surface area contributed by atoms with Crippen molar-refractivity contribution in [3.05, 3.63) is 24.3 Å². The molecule has 0 spiro atoms. The zero-order valence-corrected chi connectivity index (χ0v) is 10.8. The van der Waals surface area contributed by atoms with E-state index in [1.165, 1.54) is 0 Å². The number of amides is 1. The van der Waals surface area contributed by atoms with E-state index < -0.39 is 11.8 Å². The maximum Gasteiger partial charge on any atom is 0.409 e. The predicted molar refractivity (Wildman–Crippen MR) is 73.9 cm³/mol. The number of hydrogen-bond donors (Lipinski definition) is 3. The number of nitrogens with one attached hydrogen (secondary N) is 1. The van der Waals surface area contributed by atoms with E-state index in [-0.39, 0.29) is 6.04 Å². The van der Waals surface area contributed by atoms with Crippen molar-refractivity contribution in [3.63, 3.8) is 0 Å². The average molecular weight is 261 g/mol. The summed E-state index contributed by atoms with van der Waals surface area (Å²) in [7, 11) is 0. The molecular formula is C14H19N3O2. The Morgan fingerprint density at radius 2 is 2.16 bits per heavy atom. The summed E-state index contributed by atoms with van der Waals surface area (Å²) in [4.78, 5) is 13.2. The Balaban J connectivity index is 1.93. The molecule has 2 heterocycles. The van der Waals surface area contributed by atoms with Gasteiger partial charge in [0.2, 0.25) is 0 Å². The monoisotopic (exact) mass is 261 g/mol. The third-order valence-electron chi connectivity index (χ3n) is 4.38. The van der Waals surface area contributed by atoms with E-state index in [0.717, 1.165) is 37.8 Å². The second kappa shape index (κ2) is 4.33. The third kappa shape index (κ3) is 1.89. The number of benzene rings is 1. The van der Waals surface area contributed by atoms with E-state index in [0.29, 0.717) is 5.69 Å². The standard InChI is InChI=1S/C14H19N3O2/c15-11-5-1-2-6-12(11)16-14-8-3-4-10(7-9-14)17(14)13(18)19/h1-2,5-6,10,16H,3-4,7-9,15H2,(H,18,19). The van der Waals surface area contributed by atoms with Crippen LogP contribution in [0.5, 0.6) is 0 Å². The van der Waals surface area contributed by atoms with Crippen LogP contribution in [0.15, 0.2) is 24.3 Å². The number of nitrogens with zero attached hydrogens (tertiary/aromatic N) is 1. The molecule has 1 aromatic rings. The highest BCUT2D eigenvalue weighted by Crippen LogP contribution is 2.44. The van der Waals surface area contributed by atoms with Crippen LogP contribution in [0, 0.1) is 0 Å². The van der Waals surface area contributed by atoms with Gasteiger partial charge in [0.05, 0.1) is 11.4 Å². The van der Waals surface area contributed by atoms with Gasteiger partial charge in [-0.05, 0) is 44.2 Å². The highest BCUT2D eigenvalue weighted by Gasteiger charge is 2.51. The number of piperidine rings is 1. The molecular weight excluding hydrogens is 242 g/mol. The highest BCUT2D eigenvalue weighted by atomic mass is 16.4. The fraction of sp³-hybridized carbons (Fsp3) is 0.500. The van der Waals surface area contributed by atoms with Crippen molar-refractivity contribution >= 4 is 17.5 Å². The first kappa shape index (κ1) is 12.1. The highest BCUT2D eigenvalue weighted by molar-refractivity contribution is 5.71. The first-order chi connectivity index (χ1) is 9.12. The van der Waals surface area contributed by atoms with Crippen molar-refractivity contribution in [2.75, 3.05) is 11.1 Å². The van der Waals surface area contributed by atoms with Crippen molar-refractivity contribution in [2.45, 2.75) is 43.8 Å². The van der Waals surface area contributed by atoms with Gasteiger partial charge in [0.15, 0.2) is 0 Å². The van der Waals surface area contributed by atoms with Gasteiger partial charge in [-0.1, -0.05) is 12.1 Å². The van der Waals surface area contributed by atoms with Crippen LogP contribution in [0.3, 0.4) is 0 Å². The Morgan fingerprint density at radius 1 is 1.37 bits per heavy atom. The molecule has 2 saturated heterocycles. The summed E-state index contributed by atoms with van der Waals surface area (Å²) in [5.41, 5.74) is 6.98. The maximum absolute atomic E-state index is 11.6. The first-order valence-electron chi connectivity index (χ1n) is 6.77. The predicted octanol–water partition coefficient (Wildman–Crippen LogP) is 2.70. The molecule has 4 N–H and O–H groups in total. The average Bonchev–Trinajstić information content (AvgIpc) is 2.60. The van der Waals surface area contributed by atoms with Gasteiger partial charge in [-0.25, -0.2) is 4.79 Å². The number of nitrogens with two attached hydrogens (primary N) is 1. The zero-order valence-electron chi connectivity index (χ0n) is 10.8. The summed E-state index contributed by atoms with van der Waals surface area (Å²) in [6.07, 6.45) is 3.85. The van der Waals surface area contributed by atoms with Crippen molar-refractivity contribution in [1.29, 1.82) is 0 Å². The van der Waals surface area contributed by atoms with Crippen molar-refractivity contribution in [2.24, 2.45) is 0 Å². The van der Waals surface area contributed by atoms with Crippen molar-refractivity contribution < 1.29 is 9.90 Å². The molecule has 0 radical (unpaired) electrons. The van der Waals surface area contributed by atoms with E-state index in [4.69, 9.17) is 5.73 Å². The van der Waals surface area contributed by atoms with E-state index in [1.807, 2.05) is 24.3 Å². The summed E-state index contributed by atoms with van der Waals surface area (Å²) in [6.45, 7) is 0. The lowest BCUT2D eigenvalue weighted by Gasteiger charge is -2.44. The molecule has 3 rings (SSSR count). The minimum absolute atomic E-state index is 0.156. The molecule has 5 heteroatoms. The Morgan fingerprint density at radius 3 is 2.89 bits per heavy atom. The van der Waals surface area contributed by atoms with E-state index in [1.54, 1.807) is 4.90 Å². The van der Waals surface area contributed by atoms with Gasteiger partial charge in [-0.15, -0.1) is 0 Å². The number of hydrogen-bond acceptors (Lipinski definition) is 3. The minimum atomic E-state index is -0.829. The Labute approximate surface area is 112 Å². The van der Waals surface area contributed by atoms with Crippen LogP contribution in [0.2, 0.25) is 0 Å². The summed E-state index contributed by atoms with van der Waals surface area (Å²) >= 11 is 0. The van der Waals surface area contributed by atoms with Gasteiger partial charge >= 0.3 is 6.09 Å². The molecule has 0 saturated carbocycles. The lowest BCUT2D eigenvalue weighted by Crippen LogP contribution is -2.57. The molecule has 1 amide bonds. The smallest absolute Gasteiger partial charge is 0.409 e. The molecule has 102 valence electrons. The SMILES string of the molecule is Nc1ccccc1NC12CCCC(CC1)N2C(=O)O. The van der Waals surface area contributed by atoms with Gasteiger partial charge in [-0.3, -0.25) is 4.90 Å². The van der Waals surface area contributed by atoms with Gasteiger partial charge in [-0.2, -0.15) is 0 Å². The molecule has 2 fully saturated rings. The van der Waals surface area contributed by atoms with Crippen LogP contribution in [0.1, 0.15) is 32.1 Å². The quantitative estimate of drug-likeness (QED) is 0.715. The van der Waals surface area contributed by atoms with Crippen LogP contribution in [-0.4, -0.2) is 27.8 Å². The van der Waals surface area contributed by atoms with Crippen LogP contribution < -0.4 is 11.1 Å². The van der Waals surface area contributed by atoms with Crippen LogP contribution in [0.4, 0.5) is 16.2 Å². The van der Waals surface area contributed by atoms with Gasteiger partial charge in [0, 0.05) is 6.04 Å². The molecule has 2 aliphatic rings. The summed E-state index contributed by atoms with van der Waals surface area (Å²) in [6, 6.07) is 7.69. The van der Waals surface area contributed by atoms with Crippen LogP contribution in [-0.2, 0) is 0 Å². The number of anilines is 2. The lowest BCUT2D eigenvalue weighted by atomic mass is 9.96. The number of fused-ring (bicyclic) bond motifs is 2. The molecule has 1 aromatic carbocycles. The Bertz CT molecular complexity index is 501. The van der Waals surface area contributed by atoms with Gasteiger partial charge in [0.25, 0.3) is 0 Å². The molecule has 5 nitrogen and oxygen atoms in total. The largest absolute Gasteiger partial charge is 0.465 e. The lowest BCUT2D eigenvalue weighted by molar-refractivity contribution is 0.0661. The number of rotatable bonds is 2. The number of carboxylic acid groups (broad SMARTS) is 1. The van der Waals surface area contributed by atoms with Gasteiger partial charge in [0.1, 0.15) is 5.66 Å². The third-order valence-corrected chi connectivity index (χ3v) is 4.38. The van der Waals surface area contributed by atoms with E-state index in [2.05, 4.69) is 5.32 Å². The fourth-order valence-corrected chi connectivity index (χ4v) is 3.54. The summed E-state index contributed by atoms with van der Waals surface area (Å²) < 4.78 is 0. The Hall–Kier alpha value is -1.91. The zero-order chi connectivity index (χ0) is 13.5. The second-order valence-corrected chi connectivity index (χ2v) is 5.48. The Kier molecular flexibility index (Phi) is 2.77. The number of nitrogen functional groups attached to an aromatic ring is 1. The minimum Gasteiger partial charge on any atom is -0.465 e. The normalized spacial score (nSPS) is 29.3. The summed E-state index contributed by atoms with van der Waals surface area (Å²) in [5, 5.41) is 12.9. The van der Waals surface area contributed by atoms with Crippen LogP contribution >= 0.6 is 0 Å². The molecule has 2 aliphatic heterocycles. The molecule has 0 aromatic heterocycles. The van der Waals surface area contributed by atoms with E-state index in [9.17, 15) is 9.90 Å². The molecule has 0 aliphatic carbocycles. The topological polar surface area (TPSA) is 78.6 Å². The van der Waals surface area contributed by atoms with Crippen LogP contribution in [0.25, 0.3) is 0 Å². The van der Waals surface area contributed by atoms with E-state index >= 15 is 0 Å². The molecule has 2 bridgehead atoms. The number of carbonyl (C=O) groups is 1. The number of para-hydroxylation sites is 2. The first-order valence-corrected chi connectivity index (χ1v) is 6.77. The summed E-state index contributed by atoms with van der Waals surface area (Å²) in [5.74, 6) is 0. The van der Waals surface area contributed by atoms with Crippen molar-refractivity contribution in [1.82, 2.24) is 4.90 Å². The maximum atomic E-state index is 11.6. The molecule has 19 heavy (non-hydrogen) atoms. The molecule has 2 unspecified atom stereocenters. The molecule has 2 atom stereocenters. The van der Waals surface area contributed by atoms with Crippen molar-refractivity contribution in [3.8, 4) is 0 Å². The fourth-order valence-electron chi connectivity index (χ4n) is 3.54. The second-order valence-electron chi connectivity index (χ2n) is 5.48.